The summed E-state index contributed by atoms with van der Waals surface area (Å²) in [6.07, 6.45) is 18.5. The molecule has 2 aliphatic heterocycles. The van der Waals surface area contributed by atoms with E-state index in [1.807, 2.05) is 36.9 Å². The largest absolute Gasteiger partial charge is 0.341 e. The Morgan fingerprint density at radius 1 is 0.613 bits per heavy atom. The molecule has 0 bridgehead atoms. The summed E-state index contributed by atoms with van der Waals surface area (Å²) in [5.41, 5.74) is 3.41. The van der Waals surface area contributed by atoms with E-state index < -0.39 is 0 Å². The number of hydrogen-bond donors (Lipinski definition) is 0. The van der Waals surface area contributed by atoms with Crippen LogP contribution >= 0.6 is 0 Å². The number of aromatic nitrogens is 4. The lowest BCUT2D eigenvalue weighted by atomic mass is 9.87. The monoisotopic (exact) mass is 416 g/mol. The van der Waals surface area contributed by atoms with E-state index in [1.54, 1.807) is 0 Å². The zero-order valence-electron chi connectivity index (χ0n) is 17.8. The molecule has 1 aliphatic carbocycles. The molecule has 0 radical (unpaired) electrons. The van der Waals surface area contributed by atoms with Crippen LogP contribution in [0.5, 0.6) is 0 Å². The SMILES string of the molecule is O=C1/C(=C\c2cnc(N3CCCC3)nc2)CCC/C1=C\c1cnc(N2CCCC2)nc1. The quantitative estimate of drug-likeness (QED) is 0.704. The van der Waals surface area contributed by atoms with Crippen molar-refractivity contribution >= 4 is 29.8 Å². The Hall–Kier alpha value is -3.09. The Balaban J connectivity index is 1.30. The number of hydrogen-bond acceptors (Lipinski definition) is 7. The van der Waals surface area contributed by atoms with Gasteiger partial charge in [-0.1, -0.05) is 0 Å². The van der Waals surface area contributed by atoms with E-state index in [1.165, 1.54) is 25.7 Å². The van der Waals surface area contributed by atoms with Crippen LogP contribution in [0.3, 0.4) is 0 Å². The molecule has 5 rings (SSSR count). The summed E-state index contributed by atoms with van der Waals surface area (Å²) in [6, 6.07) is 0. The molecule has 7 nitrogen and oxygen atoms in total. The molecule has 1 saturated carbocycles. The van der Waals surface area contributed by atoms with E-state index in [4.69, 9.17) is 0 Å². The Bertz CT molecular complexity index is 904. The van der Waals surface area contributed by atoms with Crippen molar-refractivity contribution in [3.63, 3.8) is 0 Å². The summed E-state index contributed by atoms with van der Waals surface area (Å²) in [5.74, 6) is 1.68. The first-order chi connectivity index (χ1) is 15.3. The van der Waals surface area contributed by atoms with E-state index >= 15 is 0 Å². The molecule has 3 fully saturated rings. The lowest BCUT2D eigenvalue weighted by Gasteiger charge is -2.17. The van der Waals surface area contributed by atoms with Gasteiger partial charge in [-0.05, 0) is 57.1 Å². The van der Waals surface area contributed by atoms with Gasteiger partial charge in [0.2, 0.25) is 11.9 Å². The molecule has 3 aliphatic rings. The third kappa shape index (κ3) is 4.50. The van der Waals surface area contributed by atoms with Crippen LogP contribution < -0.4 is 9.80 Å². The molecule has 0 aromatic carbocycles. The molecule has 2 aromatic heterocycles. The van der Waals surface area contributed by atoms with Gasteiger partial charge in [0.25, 0.3) is 0 Å². The second-order valence-electron chi connectivity index (χ2n) is 8.54. The van der Waals surface area contributed by atoms with Crippen LogP contribution in [0.1, 0.15) is 56.1 Å². The first kappa shape index (κ1) is 19.8. The van der Waals surface area contributed by atoms with E-state index in [0.717, 1.165) is 79.6 Å². The highest BCUT2D eigenvalue weighted by atomic mass is 16.1. The number of allylic oxidation sites excluding steroid dienone is 2. The van der Waals surface area contributed by atoms with E-state index in [0.29, 0.717) is 0 Å². The molecule has 2 aromatic rings. The Kier molecular flexibility index (Phi) is 5.74. The van der Waals surface area contributed by atoms with Gasteiger partial charge >= 0.3 is 0 Å². The molecule has 0 amide bonds. The lowest BCUT2D eigenvalue weighted by Crippen LogP contribution is -2.20. The molecule has 0 spiro atoms. The van der Waals surface area contributed by atoms with Gasteiger partial charge in [-0.3, -0.25) is 4.79 Å². The summed E-state index contributed by atoms with van der Waals surface area (Å²) in [6.45, 7) is 4.09. The fourth-order valence-electron chi connectivity index (χ4n) is 4.55. The third-order valence-corrected chi connectivity index (χ3v) is 6.25. The summed E-state index contributed by atoms with van der Waals surface area (Å²) >= 11 is 0. The predicted octanol–water partition coefficient (Wildman–Crippen LogP) is 3.69. The number of Topliss-reactive ketones (excluding diaryl/α,β-unsaturated/α-hetero) is 1. The minimum atomic E-state index is 0.110. The molecule has 2 saturated heterocycles. The first-order valence-electron chi connectivity index (χ1n) is 11.4. The number of anilines is 2. The summed E-state index contributed by atoms with van der Waals surface area (Å²) in [7, 11) is 0. The minimum Gasteiger partial charge on any atom is -0.341 e. The fourth-order valence-corrected chi connectivity index (χ4v) is 4.55. The van der Waals surface area contributed by atoms with Crippen molar-refractivity contribution in [3.8, 4) is 0 Å². The summed E-state index contributed by atoms with van der Waals surface area (Å²) in [4.78, 5) is 35.5. The summed E-state index contributed by atoms with van der Waals surface area (Å²) < 4.78 is 0. The summed E-state index contributed by atoms with van der Waals surface area (Å²) in [5, 5.41) is 0. The number of ketones is 1. The van der Waals surface area contributed by atoms with E-state index in [-0.39, 0.29) is 5.78 Å². The van der Waals surface area contributed by atoms with Gasteiger partial charge in [0.15, 0.2) is 5.78 Å². The minimum absolute atomic E-state index is 0.110. The highest BCUT2D eigenvalue weighted by Crippen LogP contribution is 2.28. The van der Waals surface area contributed by atoms with Crippen molar-refractivity contribution in [2.75, 3.05) is 36.0 Å². The van der Waals surface area contributed by atoms with Crippen LogP contribution in [-0.4, -0.2) is 51.9 Å². The number of carbonyl (C=O) groups is 1. The molecule has 0 N–H and O–H groups in total. The average molecular weight is 417 g/mol. The van der Waals surface area contributed by atoms with E-state index in [2.05, 4.69) is 29.7 Å². The van der Waals surface area contributed by atoms with Crippen molar-refractivity contribution < 1.29 is 4.79 Å². The van der Waals surface area contributed by atoms with Crippen LogP contribution in [0, 0.1) is 0 Å². The molecule has 7 heteroatoms. The first-order valence-corrected chi connectivity index (χ1v) is 11.4. The molecule has 160 valence electrons. The molecule has 0 atom stereocenters. The highest BCUT2D eigenvalue weighted by molar-refractivity contribution is 6.13. The van der Waals surface area contributed by atoms with Gasteiger partial charge < -0.3 is 9.80 Å². The molecular formula is C24H28N6O. The van der Waals surface area contributed by atoms with Gasteiger partial charge in [-0.15, -0.1) is 0 Å². The predicted molar refractivity (Wildman–Crippen MR) is 122 cm³/mol. The second kappa shape index (κ2) is 8.96. The van der Waals surface area contributed by atoms with Crippen LogP contribution in [-0.2, 0) is 4.79 Å². The van der Waals surface area contributed by atoms with Gasteiger partial charge in [-0.2, -0.15) is 0 Å². The van der Waals surface area contributed by atoms with Gasteiger partial charge in [-0.25, -0.2) is 19.9 Å². The second-order valence-corrected chi connectivity index (χ2v) is 8.54. The maximum Gasteiger partial charge on any atom is 0.225 e. The smallest absolute Gasteiger partial charge is 0.225 e. The zero-order valence-corrected chi connectivity index (χ0v) is 17.8. The molecular weight excluding hydrogens is 388 g/mol. The van der Waals surface area contributed by atoms with Gasteiger partial charge in [0.1, 0.15) is 0 Å². The Labute approximate surface area is 182 Å². The van der Waals surface area contributed by atoms with Crippen molar-refractivity contribution in [1.82, 2.24) is 19.9 Å². The Morgan fingerprint density at radius 2 is 1.00 bits per heavy atom. The van der Waals surface area contributed by atoms with Crippen molar-refractivity contribution in [2.24, 2.45) is 0 Å². The fraction of sp³-hybridized carbons (Fsp3) is 0.458. The number of nitrogens with zero attached hydrogens (tertiary/aromatic N) is 6. The van der Waals surface area contributed by atoms with Crippen LogP contribution in [0.4, 0.5) is 11.9 Å². The molecule has 0 unspecified atom stereocenters. The zero-order chi connectivity index (χ0) is 21.0. The highest BCUT2D eigenvalue weighted by Gasteiger charge is 2.21. The van der Waals surface area contributed by atoms with Crippen LogP contribution in [0.2, 0.25) is 0 Å². The third-order valence-electron chi connectivity index (χ3n) is 6.25. The normalized spacial score (nSPS) is 22.1. The standard InChI is InChI=1S/C24H28N6O/c31-22-20(12-18-14-25-23(26-15-18)29-8-1-2-9-29)6-5-7-21(22)13-19-16-27-24(28-17-19)30-10-3-4-11-30/h12-17H,1-11H2/b20-12-,21-13+. The van der Waals surface area contributed by atoms with Crippen LogP contribution in [0.15, 0.2) is 35.9 Å². The Morgan fingerprint density at radius 3 is 1.39 bits per heavy atom. The number of rotatable bonds is 4. The molecule has 4 heterocycles. The van der Waals surface area contributed by atoms with Gasteiger partial charge in [0.05, 0.1) is 0 Å². The maximum atomic E-state index is 13.1. The van der Waals surface area contributed by atoms with Crippen LogP contribution in [0.25, 0.3) is 12.2 Å². The number of carbonyl (C=O) groups excluding carboxylic acids is 1. The van der Waals surface area contributed by atoms with E-state index in [9.17, 15) is 4.79 Å². The van der Waals surface area contributed by atoms with Crippen molar-refractivity contribution in [3.05, 3.63) is 47.1 Å². The van der Waals surface area contributed by atoms with Gasteiger partial charge in [0, 0.05) is 73.2 Å². The molecule has 31 heavy (non-hydrogen) atoms. The lowest BCUT2D eigenvalue weighted by molar-refractivity contribution is -0.112. The topological polar surface area (TPSA) is 75.1 Å². The maximum absolute atomic E-state index is 13.1. The van der Waals surface area contributed by atoms with Crippen molar-refractivity contribution in [1.29, 1.82) is 0 Å². The average Bonchev–Trinajstić information content (AvgIpc) is 3.52. The van der Waals surface area contributed by atoms with Crippen molar-refractivity contribution in [2.45, 2.75) is 44.9 Å².